The first kappa shape index (κ1) is 22.8. The molecule has 0 saturated carbocycles. The van der Waals surface area contributed by atoms with Crippen LogP contribution in [0.5, 0.6) is 5.75 Å². The Hall–Kier alpha value is -3.97. The van der Waals surface area contributed by atoms with Crippen molar-refractivity contribution in [2.75, 3.05) is 49.3 Å². The SMILES string of the molecule is CN(C)CC#Cc1ncc(F)c(N2[C@@H]3CC[C@H]2CN(c2cc(-c4ccccc4O)nnc2N)C3)n1. The van der Waals surface area contributed by atoms with Crippen molar-refractivity contribution < 1.29 is 9.50 Å². The highest BCUT2D eigenvalue weighted by Crippen LogP contribution is 2.39. The Balaban J connectivity index is 1.41. The predicted molar refractivity (Wildman–Crippen MR) is 132 cm³/mol. The number of aromatic hydroxyl groups is 1. The normalized spacial score (nSPS) is 19.1. The van der Waals surface area contributed by atoms with E-state index in [1.165, 1.54) is 6.20 Å². The quantitative estimate of drug-likeness (QED) is 0.550. The largest absolute Gasteiger partial charge is 0.507 e. The van der Waals surface area contributed by atoms with E-state index in [4.69, 9.17) is 5.73 Å². The Morgan fingerprint density at radius 2 is 1.91 bits per heavy atom. The number of anilines is 3. The standard InChI is InChI=1S/C25H27FN8O/c1-32(2)11-5-8-23-28-13-19(26)25(29-23)34-16-9-10-17(34)15-33(14-16)21-12-20(30-31-24(21)27)18-6-3-4-7-22(18)35/h3-4,6-7,12-13,16-17,35H,9-11,14-15H2,1-2H3,(H2,27,31)/t16-,17+. The number of hydrogen-bond acceptors (Lipinski definition) is 9. The first-order valence-electron chi connectivity index (χ1n) is 11.5. The number of fused-ring (bicyclic) bond motifs is 2. The fourth-order valence-electron chi connectivity index (χ4n) is 4.79. The van der Waals surface area contributed by atoms with Gasteiger partial charge in [-0.2, -0.15) is 0 Å². The van der Waals surface area contributed by atoms with Crippen molar-refractivity contribution in [3.8, 4) is 28.8 Å². The monoisotopic (exact) mass is 474 g/mol. The molecule has 4 heterocycles. The number of nitrogens with two attached hydrogens (primary N) is 1. The number of phenolic OH excluding ortho intramolecular Hbond substituents is 1. The van der Waals surface area contributed by atoms with Crippen LogP contribution in [-0.2, 0) is 0 Å². The molecule has 3 N–H and O–H groups in total. The van der Waals surface area contributed by atoms with Crippen LogP contribution < -0.4 is 15.5 Å². The molecule has 2 aliphatic rings. The van der Waals surface area contributed by atoms with Crippen LogP contribution in [0, 0.1) is 17.7 Å². The molecule has 3 aromatic rings. The molecule has 2 aromatic heterocycles. The van der Waals surface area contributed by atoms with E-state index in [1.54, 1.807) is 18.2 Å². The van der Waals surface area contributed by atoms with Crippen molar-refractivity contribution >= 4 is 17.3 Å². The van der Waals surface area contributed by atoms with Gasteiger partial charge in [-0.3, -0.25) is 4.90 Å². The molecule has 0 radical (unpaired) electrons. The van der Waals surface area contributed by atoms with Crippen LogP contribution in [0.15, 0.2) is 36.5 Å². The number of aromatic nitrogens is 4. The lowest BCUT2D eigenvalue weighted by atomic mass is 10.1. The summed E-state index contributed by atoms with van der Waals surface area (Å²) in [4.78, 5) is 14.7. The molecule has 10 heteroatoms. The lowest BCUT2D eigenvalue weighted by molar-refractivity contribution is 0.464. The summed E-state index contributed by atoms with van der Waals surface area (Å²) in [6.45, 7) is 1.85. The molecule has 1 aromatic carbocycles. The maximum atomic E-state index is 14.8. The lowest BCUT2D eigenvalue weighted by Gasteiger charge is -2.42. The fraction of sp³-hybridized carbons (Fsp3) is 0.360. The number of rotatable bonds is 4. The summed E-state index contributed by atoms with van der Waals surface area (Å²) < 4.78 is 14.8. The molecule has 2 aliphatic heterocycles. The van der Waals surface area contributed by atoms with Crippen LogP contribution in [0.3, 0.4) is 0 Å². The van der Waals surface area contributed by atoms with Gasteiger partial charge in [0.2, 0.25) is 5.82 Å². The van der Waals surface area contributed by atoms with Crippen molar-refractivity contribution in [1.82, 2.24) is 25.1 Å². The molecule has 0 unspecified atom stereocenters. The van der Waals surface area contributed by atoms with Gasteiger partial charge in [-0.05, 0) is 51.1 Å². The summed E-state index contributed by atoms with van der Waals surface area (Å²) in [7, 11) is 3.86. The number of nitrogens with zero attached hydrogens (tertiary/aromatic N) is 7. The summed E-state index contributed by atoms with van der Waals surface area (Å²) in [5.74, 6) is 6.57. The van der Waals surface area contributed by atoms with E-state index in [1.807, 2.05) is 31.1 Å². The van der Waals surface area contributed by atoms with Gasteiger partial charge in [0.05, 0.1) is 24.1 Å². The second-order valence-electron chi connectivity index (χ2n) is 9.12. The molecule has 0 aliphatic carbocycles. The molecule has 2 atom stereocenters. The minimum Gasteiger partial charge on any atom is -0.507 e. The van der Waals surface area contributed by atoms with E-state index in [9.17, 15) is 9.50 Å². The number of halogens is 1. The molecule has 35 heavy (non-hydrogen) atoms. The van der Waals surface area contributed by atoms with Crippen LogP contribution in [0.2, 0.25) is 0 Å². The van der Waals surface area contributed by atoms with Crippen molar-refractivity contribution in [3.05, 3.63) is 48.2 Å². The van der Waals surface area contributed by atoms with Crippen LogP contribution in [0.25, 0.3) is 11.3 Å². The molecule has 2 bridgehead atoms. The van der Waals surface area contributed by atoms with Gasteiger partial charge in [0.25, 0.3) is 0 Å². The molecule has 180 valence electrons. The van der Waals surface area contributed by atoms with E-state index in [-0.39, 0.29) is 17.8 Å². The molecule has 0 spiro atoms. The van der Waals surface area contributed by atoms with E-state index in [0.29, 0.717) is 48.4 Å². The second-order valence-corrected chi connectivity index (χ2v) is 9.12. The Labute approximate surface area is 203 Å². The molecule has 9 nitrogen and oxygen atoms in total. The van der Waals surface area contributed by atoms with Crippen LogP contribution in [0.4, 0.5) is 21.7 Å². The zero-order chi connectivity index (χ0) is 24.5. The molecular formula is C25H27FN8O. The van der Waals surface area contributed by atoms with Crippen LogP contribution in [0.1, 0.15) is 18.7 Å². The molecular weight excluding hydrogens is 447 g/mol. The second kappa shape index (κ2) is 9.35. The van der Waals surface area contributed by atoms with E-state index in [0.717, 1.165) is 18.5 Å². The third-order valence-corrected chi connectivity index (χ3v) is 6.37. The summed E-state index contributed by atoms with van der Waals surface area (Å²) in [5.41, 5.74) is 8.11. The highest BCUT2D eigenvalue weighted by atomic mass is 19.1. The third-order valence-electron chi connectivity index (χ3n) is 6.37. The van der Waals surface area contributed by atoms with Gasteiger partial charge in [0.1, 0.15) is 5.75 Å². The Kier molecular flexibility index (Phi) is 6.09. The zero-order valence-electron chi connectivity index (χ0n) is 19.7. The average Bonchev–Trinajstić information content (AvgIpc) is 3.09. The minimum absolute atomic E-state index is 0.0573. The van der Waals surface area contributed by atoms with Gasteiger partial charge in [-0.25, -0.2) is 14.4 Å². The van der Waals surface area contributed by atoms with Gasteiger partial charge < -0.3 is 20.6 Å². The third kappa shape index (κ3) is 4.55. The van der Waals surface area contributed by atoms with Gasteiger partial charge >= 0.3 is 0 Å². The van der Waals surface area contributed by atoms with Crippen molar-refractivity contribution in [2.24, 2.45) is 0 Å². The fourth-order valence-corrected chi connectivity index (χ4v) is 4.79. The number of para-hydroxylation sites is 1. The maximum absolute atomic E-state index is 14.8. The van der Waals surface area contributed by atoms with Gasteiger partial charge in [0, 0.05) is 30.7 Å². The first-order chi connectivity index (χ1) is 16.9. The highest BCUT2D eigenvalue weighted by molar-refractivity contribution is 5.74. The van der Waals surface area contributed by atoms with Crippen LogP contribution >= 0.6 is 0 Å². The summed E-state index contributed by atoms with van der Waals surface area (Å²) in [6.07, 6.45) is 3.03. The first-order valence-corrected chi connectivity index (χ1v) is 11.5. The van der Waals surface area contributed by atoms with Crippen molar-refractivity contribution in [1.29, 1.82) is 0 Å². The van der Waals surface area contributed by atoms with E-state index >= 15 is 0 Å². The summed E-state index contributed by atoms with van der Waals surface area (Å²) in [6, 6.07) is 8.97. The molecule has 2 fully saturated rings. The molecule has 0 amide bonds. The molecule has 5 rings (SSSR count). The lowest BCUT2D eigenvalue weighted by Crippen LogP contribution is -2.54. The van der Waals surface area contributed by atoms with Crippen molar-refractivity contribution in [3.63, 3.8) is 0 Å². The maximum Gasteiger partial charge on any atom is 0.207 e. The Morgan fingerprint density at radius 1 is 1.17 bits per heavy atom. The number of piperazine rings is 1. The zero-order valence-corrected chi connectivity index (χ0v) is 19.7. The van der Waals surface area contributed by atoms with Gasteiger partial charge in [0.15, 0.2) is 17.5 Å². The number of phenols is 1. The smallest absolute Gasteiger partial charge is 0.207 e. The summed E-state index contributed by atoms with van der Waals surface area (Å²) >= 11 is 0. The van der Waals surface area contributed by atoms with Crippen molar-refractivity contribution in [2.45, 2.75) is 24.9 Å². The predicted octanol–water partition coefficient (Wildman–Crippen LogP) is 2.13. The van der Waals surface area contributed by atoms with E-state index < -0.39 is 5.82 Å². The number of benzene rings is 1. The van der Waals surface area contributed by atoms with E-state index in [2.05, 4.69) is 41.8 Å². The topological polar surface area (TPSA) is 108 Å². The highest BCUT2D eigenvalue weighted by Gasteiger charge is 2.42. The summed E-state index contributed by atoms with van der Waals surface area (Å²) in [5, 5.41) is 18.6. The molecule has 2 saturated heterocycles. The average molecular weight is 475 g/mol. The van der Waals surface area contributed by atoms with Gasteiger partial charge in [-0.15, -0.1) is 10.2 Å². The number of nitrogen functional groups attached to an aromatic ring is 1. The Morgan fingerprint density at radius 3 is 2.63 bits per heavy atom. The van der Waals surface area contributed by atoms with Crippen LogP contribution in [-0.4, -0.2) is 76.0 Å². The minimum atomic E-state index is -0.444. The van der Waals surface area contributed by atoms with Gasteiger partial charge in [-0.1, -0.05) is 18.1 Å². The Bertz CT molecular complexity index is 1290. The number of hydrogen-bond donors (Lipinski definition) is 2.